The molecule has 1 heterocycles. The third-order valence-corrected chi connectivity index (χ3v) is 3.94. The molecule has 2 aliphatic rings. The van der Waals surface area contributed by atoms with Crippen LogP contribution >= 0.6 is 0 Å². The van der Waals surface area contributed by atoms with E-state index < -0.39 is 0 Å². The molecule has 1 aliphatic carbocycles. The van der Waals surface area contributed by atoms with Crippen LogP contribution in [0.2, 0.25) is 0 Å². The van der Waals surface area contributed by atoms with E-state index in [1.54, 1.807) is 6.92 Å². The highest BCUT2D eigenvalue weighted by molar-refractivity contribution is 5.96. The van der Waals surface area contributed by atoms with Gasteiger partial charge in [0.05, 0.1) is 0 Å². The fourth-order valence-corrected chi connectivity index (χ4v) is 2.38. The fourth-order valence-electron chi connectivity index (χ4n) is 2.38. The minimum Gasteiger partial charge on any atom is -0.411 e. The minimum atomic E-state index is -0.354. The lowest BCUT2D eigenvalue weighted by Crippen LogP contribution is -2.17. The largest absolute Gasteiger partial charge is 0.411 e. The Bertz CT molecular complexity index is 512. The van der Waals surface area contributed by atoms with Gasteiger partial charge in [0.1, 0.15) is 0 Å². The van der Waals surface area contributed by atoms with Gasteiger partial charge in [-0.15, -0.1) is 0 Å². The van der Waals surface area contributed by atoms with Gasteiger partial charge in [-0.3, -0.25) is 0 Å². The maximum absolute atomic E-state index is 11.5. The van der Waals surface area contributed by atoms with Crippen LogP contribution in [-0.2, 0) is 21.4 Å². The normalized spacial score (nSPS) is 24.7. The van der Waals surface area contributed by atoms with Crippen molar-refractivity contribution >= 4 is 11.9 Å². The Morgan fingerprint density at radius 1 is 1.33 bits per heavy atom. The second-order valence-corrected chi connectivity index (χ2v) is 5.55. The molecule has 0 radical (unpaired) electrons. The lowest BCUT2D eigenvalue weighted by molar-refractivity contribution is -0.134. The molecule has 0 aromatic heterocycles. The summed E-state index contributed by atoms with van der Waals surface area (Å²) in [5.74, 6) is 0.248. The number of rotatable bonds is 3. The zero-order chi connectivity index (χ0) is 12.8. The van der Waals surface area contributed by atoms with E-state index in [9.17, 15) is 4.79 Å². The first-order chi connectivity index (χ1) is 8.57. The van der Waals surface area contributed by atoms with E-state index in [0.717, 1.165) is 5.56 Å². The predicted molar refractivity (Wildman–Crippen MR) is 69.7 cm³/mol. The molecule has 1 aromatic carbocycles. The summed E-state index contributed by atoms with van der Waals surface area (Å²) in [5.41, 5.74) is 2.95. The summed E-state index contributed by atoms with van der Waals surface area (Å²) in [6.07, 6.45) is 3.20. The number of benzene rings is 1. The van der Waals surface area contributed by atoms with Crippen molar-refractivity contribution in [2.75, 3.05) is 0 Å². The van der Waals surface area contributed by atoms with Crippen LogP contribution in [0.25, 0.3) is 0 Å². The van der Waals surface area contributed by atoms with Crippen molar-refractivity contribution in [2.45, 2.75) is 44.6 Å². The van der Waals surface area contributed by atoms with Crippen molar-refractivity contribution in [1.29, 1.82) is 0 Å². The van der Waals surface area contributed by atoms with Gasteiger partial charge < -0.3 is 4.74 Å². The Morgan fingerprint density at radius 3 is 2.50 bits per heavy atom. The van der Waals surface area contributed by atoms with Gasteiger partial charge in [-0.05, 0) is 29.4 Å². The molecule has 0 spiro atoms. The maximum Gasteiger partial charge on any atom is 0.337 e. The first-order valence-electron chi connectivity index (χ1n) is 6.42. The van der Waals surface area contributed by atoms with Crippen LogP contribution in [0.1, 0.15) is 37.8 Å². The van der Waals surface area contributed by atoms with Gasteiger partial charge in [0.25, 0.3) is 0 Å². The van der Waals surface area contributed by atoms with Crippen molar-refractivity contribution in [3.63, 3.8) is 0 Å². The topological polar surface area (TPSA) is 38.7 Å². The molecule has 3 nitrogen and oxygen atoms in total. The number of esters is 1. The van der Waals surface area contributed by atoms with Crippen LogP contribution in [0.15, 0.2) is 29.3 Å². The second-order valence-electron chi connectivity index (χ2n) is 5.55. The summed E-state index contributed by atoms with van der Waals surface area (Å²) >= 11 is 0. The summed E-state index contributed by atoms with van der Waals surface area (Å²) in [4.78, 5) is 15.7. The van der Waals surface area contributed by atoms with Crippen LogP contribution in [-0.4, -0.2) is 17.9 Å². The molecule has 3 heteroatoms. The standard InChI is InChI=1S/C15H17NO2/c1-10-16-13(14(17)18-10)9-11-3-5-12(6-4-11)15(2)7-8-15/h3-6,13H,7-9H2,1-2H3. The molecular weight excluding hydrogens is 226 g/mol. The average molecular weight is 243 g/mol. The SMILES string of the molecule is CC1=NC(Cc2ccc(C3(C)CC3)cc2)C(=O)O1. The van der Waals surface area contributed by atoms with E-state index in [1.807, 2.05) is 0 Å². The summed E-state index contributed by atoms with van der Waals surface area (Å²) in [6.45, 7) is 4.01. The number of ether oxygens (including phenoxy) is 1. The summed E-state index contributed by atoms with van der Waals surface area (Å²) in [5, 5.41) is 0. The molecule has 3 rings (SSSR count). The van der Waals surface area contributed by atoms with Gasteiger partial charge in [0, 0.05) is 13.3 Å². The number of carbonyl (C=O) groups excluding carboxylic acids is 1. The van der Waals surface area contributed by atoms with Crippen LogP contribution in [0.5, 0.6) is 0 Å². The molecule has 18 heavy (non-hydrogen) atoms. The van der Waals surface area contributed by atoms with Gasteiger partial charge in [-0.2, -0.15) is 0 Å². The number of carbonyl (C=O) groups is 1. The molecular formula is C15H17NO2. The van der Waals surface area contributed by atoms with E-state index >= 15 is 0 Å². The van der Waals surface area contributed by atoms with E-state index in [2.05, 4.69) is 36.2 Å². The van der Waals surface area contributed by atoms with Crippen LogP contribution < -0.4 is 0 Å². The van der Waals surface area contributed by atoms with Crippen molar-refractivity contribution in [3.05, 3.63) is 35.4 Å². The van der Waals surface area contributed by atoms with E-state index in [-0.39, 0.29) is 12.0 Å². The second kappa shape index (κ2) is 3.94. The monoisotopic (exact) mass is 243 g/mol. The number of aliphatic imine (C=N–C) groups is 1. The van der Waals surface area contributed by atoms with Gasteiger partial charge >= 0.3 is 5.97 Å². The van der Waals surface area contributed by atoms with E-state index in [4.69, 9.17) is 4.74 Å². The zero-order valence-electron chi connectivity index (χ0n) is 10.8. The molecule has 0 amide bonds. The van der Waals surface area contributed by atoms with E-state index in [0.29, 0.717) is 17.7 Å². The Kier molecular flexibility index (Phi) is 2.51. The molecule has 1 fully saturated rings. The lowest BCUT2D eigenvalue weighted by Gasteiger charge is -2.10. The number of hydrogen-bond donors (Lipinski definition) is 0. The Morgan fingerprint density at radius 2 is 2.00 bits per heavy atom. The summed E-state index contributed by atoms with van der Waals surface area (Å²) in [7, 11) is 0. The summed E-state index contributed by atoms with van der Waals surface area (Å²) in [6, 6.07) is 8.22. The van der Waals surface area contributed by atoms with Crippen molar-refractivity contribution < 1.29 is 9.53 Å². The maximum atomic E-state index is 11.5. The highest BCUT2D eigenvalue weighted by Crippen LogP contribution is 2.47. The van der Waals surface area contributed by atoms with Crippen molar-refractivity contribution in [3.8, 4) is 0 Å². The molecule has 1 saturated carbocycles. The third-order valence-electron chi connectivity index (χ3n) is 3.94. The van der Waals surface area contributed by atoms with E-state index in [1.165, 1.54) is 18.4 Å². The number of cyclic esters (lactones) is 1. The molecule has 0 bridgehead atoms. The van der Waals surface area contributed by atoms with Crippen LogP contribution in [0.4, 0.5) is 0 Å². The quantitative estimate of drug-likeness (QED) is 0.765. The zero-order valence-corrected chi connectivity index (χ0v) is 10.8. The molecule has 1 atom stereocenters. The van der Waals surface area contributed by atoms with Crippen LogP contribution in [0.3, 0.4) is 0 Å². The highest BCUT2D eigenvalue weighted by atomic mass is 16.6. The summed E-state index contributed by atoms with van der Waals surface area (Å²) < 4.78 is 4.95. The Labute approximate surface area is 107 Å². The van der Waals surface area contributed by atoms with Crippen molar-refractivity contribution in [1.82, 2.24) is 0 Å². The Balaban J connectivity index is 1.72. The van der Waals surface area contributed by atoms with Crippen molar-refractivity contribution in [2.24, 2.45) is 4.99 Å². The predicted octanol–water partition coefficient (Wildman–Crippen LogP) is 2.62. The third kappa shape index (κ3) is 2.05. The first kappa shape index (κ1) is 11.5. The number of nitrogens with zero attached hydrogens (tertiary/aromatic N) is 1. The Hall–Kier alpha value is -1.64. The van der Waals surface area contributed by atoms with Gasteiger partial charge in [0.15, 0.2) is 11.9 Å². The molecule has 1 aromatic rings. The molecule has 94 valence electrons. The molecule has 0 N–H and O–H groups in total. The molecule has 1 aliphatic heterocycles. The smallest absolute Gasteiger partial charge is 0.337 e. The van der Waals surface area contributed by atoms with Gasteiger partial charge in [0.2, 0.25) is 0 Å². The fraction of sp³-hybridized carbons (Fsp3) is 0.467. The number of hydrogen-bond acceptors (Lipinski definition) is 3. The molecule has 0 saturated heterocycles. The average Bonchev–Trinajstić information content (AvgIpc) is 3.00. The lowest BCUT2D eigenvalue weighted by atomic mass is 9.96. The molecule has 1 unspecified atom stereocenters. The van der Waals surface area contributed by atoms with Gasteiger partial charge in [-0.25, -0.2) is 9.79 Å². The minimum absolute atomic E-state index is 0.231. The first-order valence-corrected chi connectivity index (χ1v) is 6.42. The highest BCUT2D eigenvalue weighted by Gasteiger charge is 2.38. The van der Waals surface area contributed by atoms with Crippen LogP contribution in [0, 0.1) is 0 Å². The van der Waals surface area contributed by atoms with Gasteiger partial charge in [-0.1, -0.05) is 31.2 Å².